The fourth-order valence-corrected chi connectivity index (χ4v) is 2.27. The molecule has 3 heteroatoms. The van der Waals surface area contributed by atoms with Gasteiger partial charge in [0.15, 0.2) is 0 Å². The number of furan rings is 1. The van der Waals surface area contributed by atoms with E-state index in [1.54, 1.807) is 6.26 Å². The van der Waals surface area contributed by atoms with Crippen LogP contribution >= 0.6 is 0 Å². The van der Waals surface area contributed by atoms with Crippen LogP contribution in [0.15, 0.2) is 22.8 Å². The molecule has 0 amide bonds. The van der Waals surface area contributed by atoms with Crippen LogP contribution in [0.5, 0.6) is 0 Å². The van der Waals surface area contributed by atoms with Gasteiger partial charge >= 0.3 is 0 Å². The molecule has 1 heterocycles. The van der Waals surface area contributed by atoms with Crippen molar-refractivity contribution in [2.45, 2.75) is 46.6 Å². The molecule has 0 spiro atoms. The molecule has 1 rings (SSSR count). The van der Waals surface area contributed by atoms with Crippen molar-refractivity contribution in [3.63, 3.8) is 0 Å². The van der Waals surface area contributed by atoms with Gasteiger partial charge in [-0.25, -0.2) is 0 Å². The first-order valence-electron chi connectivity index (χ1n) is 7.02. The maximum Gasteiger partial charge on any atom is 0.117 e. The van der Waals surface area contributed by atoms with Crippen LogP contribution in [0.1, 0.15) is 45.8 Å². The van der Waals surface area contributed by atoms with Crippen LogP contribution in [-0.2, 0) is 6.54 Å². The molecule has 1 aromatic heterocycles. The molecule has 0 radical (unpaired) electrons. The van der Waals surface area contributed by atoms with E-state index in [1.807, 2.05) is 12.1 Å². The summed E-state index contributed by atoms with van der Waals surface area (Å²) in [7, 11) is 0. The van der Waals surface area contributed by atoms with E-state index in [-0.39, 0.29) is 0 Å². The van der Waals surface area contributed by atoms with Crippen LogP contribution in [-0.4, -0.2) is 24.5 Å². The lowest BCUT2D eigenvalue weighted by atomic mass is 9.84. The summed E-state index contributed by atoms with van der Waals surface area (Å²) in [4.78, 5) is 2.43. The molecule has 0 aliphatic carbocycles. The van der Waals surface area contributed by atoms with Crippen molar-refractivity contribution in [2.75, 3.05) is 19.6 Å². The van der Waals surface area contributed by atoms with E-state index in [0.29, 0.717) is 5.41 Å². The molecule has 0 bridgehead atoms. The topological polar surface area (TPSA) is 42.4 Å². The SMILES string of the molecule is CCN(CCCC(C)(C)CCN)Cc1ccco1. The fraction of sp³-hybridized carbons (Fsp3) is 0.733. The molecular weight excluding hydrogens is 224 g/mol. The van der Waals surface area contributed by atoms with Crippen molar-refractivity contribution in [1.29, 1.82) is 0 Å². The summed E-state index contributed by atoms with van der Waals surface area (Å²) in [5.41, 5.74) is 6.01. The maximum absolute atomic E-state index is 5.64. The number of nitrogens with two attached hydrogens (primary N) is 1. The van der Waals surface area contributed by atoms with Crippen molar-refractivity contribution < 1.29 is 4.42 Å². The average Bonchev–Trinajstić information content (AvgIpc) is 2.80. The minimum atomic E-state index is 0.374. The van der Waals surface area contributed by atoms with Gasteiger partial charge in [0.2, 0.25) is 0 Å². The molecule has 1 aromatic rings. The summed E-state index contributed by atoms with van der Waals surface area (Å²) in [5.74, 6) is 1.05. The predicted octanol–water partition coefficient (Wildman–Crippen LogP) is 3.26. The maximum atomic E-state index is 5.64. The predicted molar refractivity (Wildman–Crippen MR) is 76.3 cm³/mol. The smallest absolute Gasteiger partial charge is 0.117 e. The number of rotatable bonds is 9. The van der Waals surface area contributed by atoms with Crippen LogP contribution in [0.3, 0.4) is 0 Å². The summed E-state index contributed by atoms with van der Waals surface area (Å²) >= 11 is 0. The zero-order valence-electron chi connectivity index (χ0n) is 12.1. The van der Waals surface area contributed by atoms with Crippen LogP contribution in [0.4, 0.5) is 0 Å². The van der Waals surface area contributed by atoms with Gasteiger partial charge < -0.3 is 10.2 Å². The van der Waals surface area contributed by atoms with E-state index in [1.165, 1.54) is 12.8 Å². The van der Waals surface area contributed by atoms with E-state index >= 15 is 0 Å². The van der Waals surface area contributed by atoms with Gasteiger partial charge in [-0.05, 0) is 56.4 Å². The molecule has 0 fully saturated rings. The van der Waals surface area contributed by atoms with Gasteiger partial charge in [-0.15, -0.1) is 0 Å². The van der Waals surface area contributed by atoms with Crippen LogP contribution in [0.2, 0.25) is 0 Å². The molecule has 0 aliphatic rings. The minimum Gasteiger partial charge on any atom is -0.468 e. The van der Waals surface area contributed by atoms with Crippen LogP contribution < -0.4 is 5.73 Å². The molecule has 0 unspecified atom stereocenters. The molecule has 3 nitrogen and oxygen atoms in total. The first kappa shape index (κ1) is 15.3. The Hall–Kier alpha value is -0.800. The fourth-order valence-electron chi connectivity index (χ4n) is 2.27. The Labute approximate surface area is 111 Å². The standard InChI is InChI=1S/C15H28N2O/c1-4-17(13-14-7-5-12-18-14)11-6-8-15(2,3)9-10-16/h5,7,12H,4,6,8-11,13,16H2,1-3H3. The lowest BCUT2D eigenvalue weighted by Crippen LogP contribution is -2.25. The highest BCUT2D eigenvalue weighted by atomic mass is 16.3. The highest BCUT2D eigenvalue weighted by Crippen LogP contribution is 2.26. The van der Waals surface area contributed by atoms with E-state index in [4.69, 9.17) is 10.2 Å². The Morgan fingerprint density at radius 1 is 1.33 bits per heavy atom. The number of hydrogen-bond acceptors (Lipinski definition) is 3. The molecule has 0 aromatic carbocycles. The van der Waals surface area contributed by atoms with Crippen molar-refractivity contribution >= 4 is 0 Å². The van der Waals surface area contributed by atoms with Crippen LogP contribution in [0.25, 0.3) is 0 Å². The monoisotopic (exact) mass is 252 g/mol. The Morgan fingerprint density at radius 3 is 2.67 bits per heavy atom. The van der Waals surface area contributed by atoms with Gasteiger partial charge in [0.05, 0.1) is 12.8 Å². The highest BCUT2D eigenvalue weighted by molar-refractivity contribution is 4.97. The zero-order valence-corrected chi connectivity index (χ0v) is 12.1. The molecule has 0 aliphatic heterocycles. The summed E-state index contributed by atoms with van der Waals surface area (Å²) < 4.78 is 5.39. The molecule has 18 heavy (non-hydrogen) atoms. The molecule has 0 saturated carbocycles. The quantitative estimate of drug-likeness (QED) is 0.733. The van der Waals surface area contributed by atoms with Crippen molar-refractivity contribution in [2.24, 2.45) is 11.1 Å². The lowest BCUT2D eigenvalue weighted by molar-refractivity contribution is 0.224. The Balaban J connectivity index is 2.27. The van der Waals surface area contributed by atoms with Crippen molar-refractivity contribution in [3.8, 4) is 0 Å². The molecule has 0 saturated heterocycles. The summed E-state index contributed by atoms with van der Waals surface area (Å²) in [6.07, 6.45) is 5.31. The molecule has 2 N–H and O–H groups in total. The van der Waals surface area contributed by atoms with Gasteiger partial charge in [0.25, 0.3) is 0 Å². The first-order valence-corrected chi connectivity index (χ1v) is 7.02. The largest absolute Gasteiger partial charge is 0.468 e. The second kappa shape index (κ2) is 7.59. The summed E-state index contributed by atoms with van der Waals surface area (Å²) in [6.45, 7) is 10.7. The number of nitrogens with zero attached hydrogens (tertiary/aromatic N) is 1. The lowest BCUT2D eigenvalue weighted by Gasteiger charge is -2.26. The third-order valence-electron chi connectivity index (χ3n) is 3.56. The second-order valence-corrected chi connectivity index (χ2v) is 5.75. The number of hydrogen-bond donors (Lipinski definition) is 1. The van der Waals surface area contributed by atoms with Gasteiger partial charge in [-0.3, -0.25) is 4.90 Å². The van der Waals surface area contributed by atoms with Crippen LogP contribution in [0, 0.1) is 5.41 Å². The minimum absolute atomic E-state index is 0.374. The van der Waals surface area contributed by atoms with E-state index < -0.39 is 0 Å². The van der Waals surface area contributed by atoms with Crippen molar-refractivity contribution in [3.05, 3.63) is 24.2 Å². The third kappa shape index (κ3) is 5.69. The van der Waals surface area contributed by atoms with E-state index in [0.717, 1.165) is 38.4 Å². The Bertz CT molecular complexity index is 306. The first-order chi connectivity index (χ1) is 8.57. The summed E-state index contributed by atoms with van der Waals surface area (Å²) in [6, 6.07) is 3.99. The third-order valence-corrected chi connectivity index (χ3v) is 3.56. The summed E-state index contributed by atoms with van der Waals surface area (Å²) in [5, 5.41) is 0. The average molecular weight is 252 g/mol. The van der Waals surface area contributed by atoms with Gasteiger partial charge in [-0.1, -0.05) is 20.8 Å². The van der Waals surface area contributed by atoms with Gasteiger partial charge in [-0.2, -0.15) is 0 Å². The second-order valence-electron chi connectivity index (χ2n) is 5.75. The zero-order chi connectivity index (χ0) is 13.4. The van der Waals surface area contributed by atoms with E-state index in [9.17, 15) is 0 Å². The molecule has 0 atom stereocenters. The van der Waals surface area contributed by atoms with E-state index in [2.05, 4.69) is 25.7 Å². The molecular formula is C15H28N2O. The Morgan fingerprint density at radius 2 is 2.11 bits per heavy atom. The highest BCUT2D eigenvalue weighted by Gasteiger charge is 2.16. The Kier molecular flexibility index (Phi) is 6.44. The van der Waals surface area contributed by atoms with Gasteiger partial charge in [0, 0.05) is 0 Å². The van der Waals surface area contributed by atoms with Crippen molar-refractivity contribution in [1.82, 2.24) is 4.90 Å². The normalized spacial score (nSPS) is 12.3. The van der Waals surface area contributed by atoms with Gasteiger partial charge in [0.1, 0.15) is 5.76 Å². The molecule has 104 valence electrons.